The third-order valence-corrected chi connectivity index (χ3v) is 5.77. The molecule has 1 atom stereocenters. The standard InChI is InChI=1S/C26H26F3N3O6/c1-13(30)22-19(11-31-23(33)17-7-5-16(9-18(17)27)25(34)35-2)32-24(38-22)15-6-8-20(37-26(28)29)21(10-15)36-12-14-3-4-14/h5-10,13-14,26H,3-4,11-12,30H2,1-2H3,(H,31,33). The van der Waals surface area contributed by atoms with E-state index < -0.39 is 30.3 Å². The number of hydrogen-bond acceptors (Lipinski definition) is 8. The first kappa shape index (κ1) is 27.0. The molecule has 0 bridgehead atoms. The van der Waals surface area contributed by atoms with Gasteiger partial charge in [-0.05, 0) is 62.1 Å². The van der Waals surface area contributed by atoms with Gasteiger partial charge in [-0.25, -0.2) is 14.2 Å². The summed E-state index contributed by atoms with van der Waals surface area (Å²) in [7, 11) is 1.16. The van der Waals surface area contributed by atoms with Crippen LogP contribution in [0.25, 0.3) is 11.5 Å². The van der Waals surface area contributed by atoms with E-state index in [-0.39, 0.29) is 40.8 Å². The van der Waals surface area contributed by atoms with E-state index in [1.165, 1.54) is 30.3 Å². The van der Waals surface area contributed by atoms with Crippen molar-refractivity contribution in [1.82, 2.24) is 10.3 Å². The van der Waals surface area contributed by atoms with Gasteiger partial charge in [-0.15, -0.1) is 0 Å². The SMILES string of the molecule is COC(=O)c1ccc(C(=O)NCc2nc(-c3ccc(OC(F)F)c(OCC4CC4)c3)oc2C(C)N)c(F)c1. The van der Waals surface area contributed by atoms with Gasteiger partial charge in [0.05, 0.1) is 37.4 Å². The van der Waals surface area contributed by atoms with Crippen LogP contribution in [0, 0.1) is 11.7 Å². The van der Waals surface area contributed by atoms with Crippen LogP contribution in [0.2, 0.25) is 0 Å². The van der Waals surface area contributed by atoms with Gasteiger partial charge in [-0.1, -0.05) is 0 Å². The van der Waals surface area contributed by atoms with E-state index in [2.05, 4.69) is 19.8 Å². The number of alkyl halides is 2. The Morgan fingerprint density at radius 1 is 1.18 bits per heavy atom. The summed E-state index contributed by atoms with van der Waals surface area (Å²) in [6.07, 6.45) is 2.02. The molecule has 1 aromatic heterocycles. The summed E-state index contributed by atoms with van der Waals surface area (Å²) in [6.45, 7) is -1.14. The van der Waals surface area contributed by atoms with E-state index in [1.54, 1.807) is 6.92 Å². The molecule has 1 aliphatic carbocycles. The largest absolute Gasteiger partial charge is 0.489 e. The van der Waals surface area contributed by atoms with Crippen molar-refractivity contribution in [1.29, 1.82) is 0 Å². The highest BCUT2D eigenvalue weighted by Crippen LogP contribution is 2.37. The first-order valence-corrected chi connectivity index (χ1v) is 11.8. The van der Waals surface area contributed by atoms with Crippen LogP contribution >= 0.6 is 0 Å². The zero-order chi connectivity index (χ0) is 27.4. The highest BCUT2D eigenvalue weighted by molar-refractivity contribution is 5.96. The van der Waals surface area contributed by atoms with Crippen molar-refractivity contribution in [3.8, 4) is 23.0 Å². The smallest absolute Gasteiger partial charge is 0.387 e. The van der Waals surface area contributed by atoms with Crippen molar-refractivity contribution >= 4 is 11.9 Å². The third-order valence-electron chi connectivity index (χ3n) is 5.77. The fraction of sp³-hybridized carbons (Fsp3) is 0.346. The number of nitrogens with two attached hydrogens (primary N) is 1. The van der Waals surface area contributed by atoms with Crippen molar-refractivity contribution < 1.29 is 41.4 Å². The fourth-order valence-corrected chi connectivity index (χ4v) is 3.61. The predicted molar refractivity (Wildman–Crippen MR) is 128 cm³/mol. The van der Waals surface area contributed by atoms with E-state index in [9.17, 15) is 22.8 Å². The van der Waals surface area contributed by atoms with Crippen molar-refractivity contribution in [2.45, 2.75) is 39.0 Å². The molecule has 1 amide bonds. The fourth-order valence-electron chi connectivity index (χ4n) is 3.61. The molecule has 3 N–H and O–H groups in total. The normalized spacial score (nSPS) is 13.8. The molecule has 1 aliphatic rings. The monoisotopic (exact) mass is 533 g/mol. The number of esters is 1. The van der Waals surface area contributed by atoms with Gasteiger partial charge < -0.3 is 29.7 Å². The van der Waals surface area contributed by atoms with Gasteiger partial charge in [0.25, 0.3) is 5.91 Å². The number of benzene rings is 2. The van der Waals surface area contributed by atoms with Crippen LogP contribution in [0.4, 0.5) is 13.2 Å². The first-order chi connectivity index (χ1) is 18.2. The number of amides is 1. The molecule has 0 radical (unpaired) electrons. The second-order valence-electron chi connectivity index (χ2n) is 8.78. The molecule has 3 aromatic rings. The maximum atomic E-state index is 14.4. The molecule has 1 heterocycles. The second-order valence-corrected chi connectivity index (χ2v) is 8.78. The van der Waals surface area contributed by atoms with Crippen LogP contribution in [-0.4, -0.2) is 37.2 Å². The summed E-state index contributed by atoms with van der Waals surface area (Å²) in [5.41, 5.74) is 6.42. The minimum Gasteiger partial charge on any atom is -0.489 e. The van der Waals surface area contributed by atoms with Crippen molar-refractivity contribution in [2.24, 2.45) is 11.7 Å². The van der Waals surface area contributed by atoms with E-state index in [0.717, 1.165) is 26.0 Å². The first-order valence-electron chi connectivity index (χ1n) is 11.8. The van der Waals surface area contributed by atoms with Gasteiger partial charge in [-0.2, -0.15) is 8.78 Å². The zero-order valence-electron chi connectivity index (χ0n) is 20.6. The quantitative estimate of drug-likeness (QED) is 0.343. The van der Waals surface area contributed by atoms with Crippen LogP contribution < -0.4 is 20.5 Å². The number of aromatic nitrogens is 1. The molecular formula is C26H26F3N3O6. The average Bonchev–Trinajstić information content (AvgIpc) is 3.62. The van der Waals surface area contributed by atoms with Gasteiger partial charge >= 0.3 is 12.6 Å². The molecule has 202 valence electrons. The van der Waals surface area contributed by atoms with Crippen LogP contribution in [0.5, 0.6) is 11.5 Å². The number of hydrogen-bond donors (Lipinski definition) is 2. The van der Waals surface area contributed by atoms with E-state index >= 15 is 0 Å². The number of nitrogens with zero attached hydrogens (tertiary/aromatic N) is 1. The molecule has 1 unspecified atom stereocenters. The minimum absolute atomic E-state index is 0.0348. The minimum atomic E-state index is -3.02. The zero-order valence-corrected chi connectivity index (χ0v) is 20.6. The van der Waals surface area contributed by atoms with Gasteiger partial charge in [0.2, 0.25) is 5.89 Å². The predicted octanol–water partition coefficient (Wildman–Crippen LogP) is 4.61. The maximum absolute atomic E-state index is 14.4. The number of nitrogens with one attached hydrogen (secondary N) is 1. The summed E-state index contributed by atoms with van der Waals surface area (Å²) >= 11 is 0. The average molecular weight is 534 g/mol. The van der Waals surface area contributed by atoms with Gasteiger partial charge in [-0.3, -0.25) is 4.79 Å². The Balaban J connectivity index is 1.54. The molecule has 0 spiro atoms. The molecule has 9 nitrogen and oxygen atoms in total. The summed E-state index contributed by atoms with van der Waals surface area (Å²) in [4.78, 5) is 28.6. The number of oxazole rings is 1. The molecule has 0 saturated heterocycles. The lowest BCUT2D eigenvalue weighted by atomic mass is 10.1. The number of halogens is 3. The molecule has 2 aromatic carbocycles. The lowest BCUT2D eigenvalue weighted by Crippen LogP contribution is -2.25. The Labute approximate surface area is 216 Å². The molecule has 1 fully saturated rings. The second kappa shape index (κ2) is 11.5. The lowest BCUT2D eigenvalue weighted by Gasteiger charge is -2.12. The summed E-state index contributed by atoms with van der Waals surface area (Å²) in [5.74, 6) is -1.60. The van der Waals surface area contributed by atoms with Crippen LogP contribution in [0.1, 0.15) is 58.0 Å². The molecular weight excluding hydrogens is 507 g/mol. The summed E-state index contributed by atoms with van der Waals surface area (Å²) in [5, 5.41) is 2.56. The Morgan fingerprint density at radius 2 is 1.95 bits per heavy atom. The molecule has 0 aliphatic heterocycles. The highest BCUT2D eigenvalue weighted by Gasteiger charge is 2.25. The summed E-state index contributed by atoms with van der Waals surface area (Å²) in [6, 6.07) is 7.05. The van der Waals surface area contributed by atoms with Crippen LogP contribution in [0.15, 0.2) is 40.8 Å². The van der Waals surface area contributed by atoms with Crippen molar-refractivity contribution in [2.75, 3.05) is 13.7 Å². The van der Waals surface area contributed by atoms with Gasteiger partial charge in [0.1, 0.15) is 17.3 Å². The number of methoxy groups -OCH3 is 1. The Morgan fingerprint density at radius 3 is 2.58 bits per heavy atom. The Bertz CT molecular complexity index is 1320. The summed E-state index contributed by atoms with van der Waals surface area (Å²) < 4.78 is 60.8. The highest BCUT2D eigenvalue weighted by atomic mass is 19.3. The third kappa shape index (κ3) is 6.43. The maximum Gasteiger partial charge on any atom is 0.387 e. The lowest BCUT2D eigenvalue weighted by molar-refractivity contribution is -0.0515. The number of rotatable bonds is 11. The van der Waals surface area contributed by atoms with Crippen molar-refractivity contribution in [3.63, 3.8) is 0 Å². The van der Waals surface area contributed by atoms with Gasteiger partial charge in [0, 0.05) is 5.56 Å². The number of carbonyl (C=O) groups is 2. The number of ether oxygens (including phenoxy) is 3. The molecule has 38 heavy (non-hydrogen) atoms. The Kier molecular flexibility index (Phi) is 8.20. The van der Waals surface area contributed by atoms with Crippen LogP contribution in [-0.2, 0) is 11.3 Å². The van der Waals surface area contributed by atoms with Crippen LogP contribution in [0.3, 0.4) is 0 Å². The molecule has 1 saturated carbocycles. The van der Waals surface area contributed by atoms with Crippen molar-refractivity contribution in [3.05, 3.63) is 64.8 Å². The topological polar surface area (TPSA) is 126 Å². The molecule has 4 rings (SSSR count). The van der Waals surface area contributed by atoms with E-state index in [4.69, 9.17) is 14.9 Å². The molecule has 12 heteroatoms. The number of carbonyl (C=O) groups excluding carboxylic acids is 2. The Hall–Kier alpha value is -4.06. The van der Waals surface area contributed by atoms with E-state index in [1.807, 2.05) is 0 Å². The van der Waals surface area contributed by atoms with E-state index in [0.29, 0.717) is 23.8 Å². The van der Waals surface area contributed by atoms with Gasteiger partial charge in [0.15, 0.2) is 11.5 Å².